The lowest BCUT2D eigenvalue weighted by Crippen LogP contribution is -2.16. The maximum atomic E-state index is 12.4. The van der Waals surface area contributed by atoms with Gasteiger partial charge >= 0.3 is 5.97 Å². The molecule has 0 aliphatic carbocycles. The third kappa shape index (κ3) is 6.61. The van der Waals surface area contributed by atoms with E-state index in [2.05, 4.69) is 20.5 Å². The van der Waals surface area contributed by atoms with Gasteiger partial charge in [-0.25, -0.2) is 15.2 Å². The standard InChI is InChI=1S/C28H23N5O5/c1-36-27(35)21-10-6-12-23(16-21)38-14-13-37-22-11-5-7-19(15-22)18-30-33-28-31-25(20-8-3-2-4-9-20)24(17-29)26(34)32-28/h2-12,15-16,18H,13-14H2,1H3,(H2,31,32,33,34). The molecular weight excluding hydrogens is 486 g/mol. The second-order valence-corrected chi connectivity index (χ2v) is 7.77. The van der Waals surface area contributed by atoms with Crippen molar-refractivity contribution in [2.45, 2.75) is 0 Å². The highest BCUT2D eigenvalue weighted by Gasteiger charge is 2.13. The van der Waals surface area contributed by atoms with Gasteiger partial charge in [-0.1, -0.05) is 48.5 Å². The highest BCUT2D eigenvalue weighted by molar-refractivity contribution is 5.89. The van der Waals surface area contributed by atoms with Crippen molar-refractivity contribution in [1.82, 2.24) is 9.97 Å². The molecule has 1 heterocycles. The Morgan fingerprint density at radius 1 is 1.03 bits per heavy atom. The monoisotopic (exact) mass is 509 g/mol. The van der Waals surface area contributed by atoms with Crippen LogP contribution in [-0.4, -0.2) is 42.5 Å². The lowest BCUT2D eigenvalue weighted by Gasteiger charge is -2.09. The van der Waals surface area contributed by atoms with Crippen LogP contribution in [0.4, 0.5) is 5.95 Å². The molecule has 190 valence electrons. The molecular formula is C28H23N5O5. The Labute approximate surface area is 218 Å². The van der Waals surface area contributed by atoms with E-state index in [1.54, 1.807) is 66.9 Å². The molecule has 0 unspecified atom stereocenters. The van der Waals surface area contributed by atoms with Gasteiger partial charge in [0.2, 0.25) is 5.95 Å². The number of nitrogens with zero attached hydrogens (tertiary/aromatic N) is 3. The fourth-order valence-electron chi connectivity index (χ4n) is 3.44. The molecule has 0 amide bonds. The Hall–Kier alpha value is -5.43. The van der Waals surface area contributed by atoms with Gasteiger partial charge < -0.3 is 14.2 Å². The zero-order valence-corrected chi connectivity index (χ0v) is 20.4. The molecule has 1 aromatic heterocycles. The quantitative estimate of drug-likeness (QED) is 0.142. The van der Waals surface area contributed by atoms with Crippen LogP contribution < -0.4 is 20.5 Å². The summed E-state index contributed by atoms with van der Waals surface area (Å²) in [5, 5.41) is 13.5. The number of ether oxygens (including phenoxy) is 3. The van der Waals surface area contributed by atoms with Crippen LogP contribution in [0.15, 0.2) is 88.8 Å². The number of hydrogen-bond donors (Lipinski definition) is 2. The summed E-state index contributed by atoms with van der Waals surface area (Å²) in [5.74, 6) is 0.813. The molecule has 10 heteroatoms. The number of esters is 1. The first-order chi connectivity index (χ1) is 18.6. The van der Waals surface area contributed by atoms with Crippen molar-refractivity contribution in [1.29, 1.82) is 5.26 Å². The molecule has 0 bridgehead atoms. The number of hydrazone groups is 1. The van der Waals surface area contributed by atoms with Gasteiger partial charge in [0.25, 0.3) is 5.56 Å². The van der Waals surface area contributed by atoms with Crippen LogP contribution in [0, 0.1) is 11.3 Å². The number of anilines is 1. The topological polar surface area (TPSA) is 139 Å². The predicted octanol–water partition coefficient (Wildman–Crippen LogP) is 4.00. The van der Waals surface area contributed by atoms with E-state index >= 15 is 0 Å². The molecule has 38 heavy (non-hydrogen) atoms. The summed E-state index contributed by atoms with van der Waals surface area (Å²) in [6.07, 6.45) is 1.54. The first-order valence-electron chi connectivity index (χ1n) is 11.5. The van der Waals surface area contributed by atoms with Crippen molar-refractivity contribution in [3.05, 3.63) is 106 Å². The molecule has 0 radical (unpaired) electrons. The van der Waals surface area contributed by atoms with E-state index in [-0.39, 0.29) is 30.4 Å². The lowest BCUT2D eigenvalue weighted by molar-refractivity contribution is 0.0600. The minimum Gasteiger partial charge on any atom is -0.490 e. The first-order valence-corrected chi connectivity index (χ1v) is 11.5. The van der Waals surface area contributed by atoms with Crippen molar-refractivity contribution < 1.29 is 19.0 Å². The Morgan fingerprint density at radius 3 is 2.45 bits per heavy atom. The molecule has 10 nitrogen and oxygen atoms in total. The Kier molecular flexibility index (Phi) is 8.44. The number of benzene rings is 3. The van der Waals surface area contributed by atoms with Crippen molar-refractivity contribution >= 4 is 18.1 Å². The normalized spacial score (nSPS) is 10.5. The minimum absolute atomic E-state index is 0.0734. The largest absolute Gasteiger partial charge is 0.490 e. The second-order valence-electron chi connectivity index (χ2n) is 7.77. The van der Waals surface area contributed by atoms with Gasteiger partial charge in [-0.2, -0.15) is 10.4 Å². The molecule has 0 aliphatic heterocycles. The number of H-pyrrole nitrogens is 1. The number of rotatable bonds is 10. The van der Waals surface area contributed by atoms with Gasteiger partial charge in [0.1, 0.15) is 36.3 Å². The molecule has 0 atom stereocenters. The summed E-state index contributed by atoms with van der Waals surface area (Å²) in [7, 11) is 1.32. The second kappa shape index (κ2) is 12.5. The van der Waals surface area contributed by atoms with Crippen LogP contribution in [0.3, 0.4) is 0 Å². The van der Waals surface area contributed by atoms with Crippen molar-refractivity contribution in [2.24, 2.45) is 5.10 Å². The molecule has 3 aromatic carbocycles. The van der Waals surface area contributed by atoms with E-state index in [1.165, 1.54) is 7.11 Å². The number of aromatic nitrogens is 2. The predicted molar refractivity (Wildman–Crippen MR) is 141 cm³/mol. The summed E-state index contributed by atoms with van der Waals surface area (Å²) >= 11 is 0. The zero-order valence-electron chi connectivity index (χ0n) is 20.4. The highest BCUT2D eigenvalue weighted by Crippen LogP contribution is 2.19. The molecule has 2 N–H and O–H groups in total. The number of nitrogens with one attached hydrogen (secondary N) is 2. The van der Waals surface area contributed by atoms with Gasteiger partial charge in [-0.15, -0.1) is 0 Å². The summed E-state index contributed by atoms with van der Waals surface area (Å²) in [6.45, 7) is 0.548. The molecule has 4 aromatic rings. The highest BCUT2D eigenvalue weighted by atomic mass is 16.5. The smallest absolute Gasteiger partial charge is 0.337 e. The molecule has 0 aliphatic rings. The fraction of sp³-hybridized carbons (Fsp3) is 0.107. The molecule has 0 spiro atoms. The van der Waals surface area contributed by atoms with Crippen LogP contribution >= 0.6 is 0 Å². The molecule has 0 fully saturated rings. The number of aromatic amines is 1. The van der Waals surface area contributed by atoms with Crippen molar-refractivity contribution in [2.75, 3.05) is 25.7 Å². The molecule has 0 saturated heterocycles. The van der Waals surface area contributed by atoms with Crippen LogP contribution in [0.25, 0.3) is 11.3 Å². The summed E-state index contributed by atoms with van der Waals surface area (Å²) in [5.41, 5.74) is 4.12. The number of methoxy groups -OCH3 is 1. The van der Waals surface area contributed by atoms with Crippen LogP contribution in [0.1, 0.15) is 21.5 Å². The number of carbonyl (C=O) groups is 1. The zero-order chi connectivity index (χ0) is 26.7. The first kappa shape index (κ1) is 25.7. The van der Waals surface area contributed by atoms with E-state index in [9.17, 15) is 14.9 Å². The molecule has 0 saturated carbocycles. The lowest BCUT2D eigenvalue weighted by atomic mass is 10.1. The van der Waals surface area contributed by atoms with Crippen molar-refractivity contribution in [3.8, 4) is 28.8 Å². The van der Waals surface area contributed by atoms with Gasteiger partial charge in [0, 0.05) is 5.56 Å². The van der Waals surface area contributed by atoms with Crippen LogP contribution in [-0.2, 0) is 4.74 Å². The van der Waals surface area contributed by atoms with Crippen LogP contribution in [0.2, 0.25) is 0 Å². The third-order valence-corrected chi connectivity index (χ3v) is 5.20. The average Bonchev–Trinajstić information content (AvgIpc) is 2.95. The van der Waals surface area contributed by atoms with Gasteiger partial charge in [-0.05, 0) is 35.9 Å². The minimum atomic E-state index is -0.561. The van der Waals surface area contributed by atoms with Gasteiger partial charge in [0.15, 0.2) is 0 Å². The van der Waals surface area contributed by atoms with E-state index in [0.717, 1.165) is 5.56 Å². The summed E-state index contributed by atoms with van der Waals surface area (Å²) < 4.78 is 16.1. The number of nitriles is 1. The van der Waals surface area contributed by atoms with E-state index < -0.39 is 11.5 Å². The van der Waals surface area contributed by atoms with Gasteiger partial charge in [-0.3, -0.25) is 9.78 Å². The average molecular weight is 510 g/mol. The van der Waals surface area contributed by atoms with E-state index in [1.807, 2.05) is 24.3 Å². The number of hydrogen-bond acceptors (Lipinski definition) is 9. The maximum Gasteiger partial charge on any atom is 0.337 e. The Bertz CT molecular complexity index is 1540. The summed E-state index contributed by atoms with van der Waals surface area (Å²) in [6, 6.07) is 24.8. The van der Waals surface area contributed by atoms with E-state index in [4.69, 9.17) is 14.2 Å². The maximum absolute atomic E-state index is 12.4. The fourth-order valence-corrected chi connectivity index (χ4v) is 3.44. The van der Waals surface area contributed by atoms with Crippen LogP contribution in [0.5, 0.6) is 11.5 Å². The summed E-state index contributed by atoms with van der Waals surface area (Å²) in [4.78, 5) is 30.9. The Morgan fingerprint density at radius 2 is 1.74 bits per heavy atom. The van der Waals surface area contributed by atoms with E-state index in [0.29, 0.717) is 22.6 Å². The third-order valence-electron chi connectivity index (χ3n) is 5.20. The van der Waals surface area contributed by atoms with Crippen molar-refractivity contribution in [3.63, 3.8) is 0 Å². The SMILES string of the molecule is COC(=O)c1cccc(OCCOc2cccc(C=NNc3nc(-c4ccccc4)c(C#N)c(=O)[nH]3)c2)c1. The molecule has 4 rings (SSSR count). The number of carbonyl (C=O) groups excluding carboxylic acids is 1. The Balaban J connectivity index is 1.35. The van der Waals surface area contributed by atoms with Gasteiger partial charge in [0.05, 0.1) is 24.6 Å².